The maximum Gasteiger partial charge on any atom is 0.216 e. The zero-order valence-electron chi connectivity index (χ0n) is 8.81. The zero-order valence-corrected chi connectivity index (χ0v) is 8.81. The van der Waals surface area contributed by atoms with E-state index in [0.29, 0.717) is 19.0 Å². The molecule has 1 N–H and O–H groups in total. The largest absolute Gasteiger partial charge is 0.477 e. The fourth-order valence-corrected chi connectivity index (χ4v) is 1.45. The van der Waals surface area contributed by atoms with Crippen molar-refractivity contribution in [1.29, 1.82) is 0 Å². The van der Waals surface area contributed by atoms with Gasteiger partial charge in [0, 0.05) is 11.0 Å². The van der Waals surface area contributed by atoms with Crippen LogP contribution < -0.4 is 0 Å². The summed E-state index contributed by atoms with van der Waals surface area (Å²) in [4.78, 5) is 4.36. The first-order chi connectivity index (χ1) is 7.23. The Morgan fingerprint density at radius 3 is 2.67 bits per heavy atom. The Hall–Kier alpha value is -1.35. The van der Waals surface area contributed by atoms with Crippen LogP contribution in [0.1, 0.15) is 12.5 Å². The molecule has 0 amide bonds. The summed E-state index contributed by atoms with van der Waals surface area (Å²) in [5, 5.41) is 9.16. The third-order valence-electron chi connectivity index (χ3n) is 2.56. The normalized spacial score (nSPS) is 25.6. The first-order valence-electron chi connectivity index (χ1n) is 5.07. The van der Waals surface area contributed by atoms with Crippen LogP contribution in [0, 0.1) is 5.41 Å². The second-order valence-electron chi connectivity index (χ2n) is 4.24. The van der Waals surface area contributed by atoms with Crippen LogP contribution >= 0.6 is 0 Å². The van der Waals surface area contributed by atoms with Crippen molar-refractivity contribution in [3.63, 3.8) is 0 Å². The van der Waals surface area contributed by atoms with Gasteiger partial charge in [0.1, 0.15) is 0 Å². The van der Waals surface area contributed by atoms with E-state index in [1.807, 2.05) is 37.3 Å². The van der Waals surface area contributed by atoms with Crippen molar-refractivity contribution in [2.75, 3.05) is 19.8 Å². The molecule has 0 saturated carbocycles. The van der Waals surface area contributed by atoms with Crippen LogP contribution in [0.5, 0.6) is 0 Å². The number of aliphatic imine (C=N–C) groups is 1. The second-order valence-corrected chi connectivity index (χ2v) is 4.24. The minimum Gasteiger partial charge on any atom is -0.477 e. The third kappa shape index (κ3) is 2.18. The molecular weight excluding hydrogens is 190 g/mol. The number of aliphatic hydroxyl groups excluding tert-OH is 1. The van der Waals surface area contributed by atoms with E-state index in [4.69, 9.17) is 9.84 Å². The highest BCUT2D eigenvalue weighted by Gasteiger charge is 2.28. The highest BCUT2D eigenvalue weighted by atomic mass is 16.5. The molecule has 1 aliphatic heterocycles. The third-order valence-corrected chi connectivity index (χ3v) is 2.56. The maximum atomic E-state index is 9.16. The Labute approximate surface area is 89.4 Å². The Kier molecular flexibility index (Phi) is 2.73. The van der Waals surface area contributed by atoms with E-state index >= 15 is 0 Å². The molecule has 0 bridgehead atoms. The van der Waals surface area contributed by atoms with Gasteiger partial charge in [-0.05, 0) is 12.1 Å². The fourth-order valence-electron chi connectivity index (χ4n) is 1.45. The molecule has 0 radical (unpaired) electrons. The molecule has 1 atom stereocenters. The van der Waals surface area contributed by atoms with Gasteiger partial charge < -0.3 is 9.84 Å². The molecule has 0 aliphatic carbocycles. The molecule has 3 heteroatoms. The van der Waals surface area contributed by atoms with Gasteiger partial charge >= 0.3 is 0 Å². The summed E-state index contributed by atoms with van der Waals surface area (Å²) in [6, 6.07) is 9.83. The molecule has 15 heavy (non-hydrogen) atoms. The fraction of sp³-hybridized carbons (Fsp3) is 0.417. The summed E-state index contributed by atoms with van der Waals surface area (Å²) in [5.74, 6) is 0.682. The van der Waals surface area contributed by atoms with Gasteiger partial charge in [0.25, 0.3) is 0 Å². The molecule has 1 heterocycles. The van der Waals surface area contributed by atoms with Crippen molar-refractivity contribution >= 4 is 5.90 Å². The highest BCUT2D eigenvalue weighted by molar-refractivity contribution is 5.94. The van der Waals surface area contributed by atoms with E-state index in [0.717, 1.165) is 5.56 Å². The van der Waals surface area contributed by atoms with Gasteiger partial charge in [0.2, 0.25) is 5.90 Å². The van der Waals surface area contributed by atoms with Crippen LogP contribution in [-0.2, 0) is 4.74 Å². The van der Waals surface area contributed by atoms with Gasteiger partial charge in [0.05, 0.1) is 19.8 Å². The lowest BCUT2D eigenvalue weighted by Crippen LogP contribution is -2.36. The summed E-state index contributed by atoms with van der Waals surface area (Å²) >= 11 is 0. The Balaban J connectivity index is 2.15. The summed E-state index contributed by atoms with van der Waals surface area (Å²) in [6.07, 6.45) is 0. The highest BCUT2D eigenvalue weighted by Crippen LogP contribution is 2.22. The van der Waals surface area contributed by atoms with Crippen molar-refractivity contribution in [2.24, 2.45) is 10.4 Å². The lowest BCUT2D eigenvalue weighted by atomic mass is 9.92. The van der Waals surface area contributed by atoms with Crippen LogP contribution in [0.4, 0.5) is 0 Å². The van der Waals surface area contributed by atoms with Crippen LogP contribution in [0.2, 0.25) is 0 Å². The van der Waals surface area contributed by atoms with E-state index in [9.17, 15) is 0 Å². The number of hydrogen-bond donors (Lipinski definition) is 1. The first kappa shape index (κ1) is 10.2. The Morgan fingerprint density at radius 2 is 2.13 bits per heavy atom. The molecule has 1 aromatic rings. The van der Waals surface area contributed by atoms with E-state index in [-0.39, 0.29) is 12.0 Å². The summed E-state index contributed by atoms with van der Waals surface area (Å²) in [7, 11) is 0. The van der Waals surface area contributed by atoms with Gasteiger partial charge in [-0.3, -0.25) is 4.99 Å². The van der Waals surface area contributed by atoms with E-state index in [1.165, 1.54) is 0 Å². The summed E-state index contributed by atoms with van der Waals surface area (Å²) in [6.45, 7) is 3.22. The molecule has 0 saturated heterocycles. The van der Waals surface area contributed by atoms with Crippen molar-refractivity contribution in [3.05, 3.63) is 35.9 Å². The minimum atomic E-state index is -0.224. The standard InChI is InChI=1S/C12H15NO2/c1-12(8-14)7-13-11(15-9-12)10-5-3-2-4-6-10/h2-6,14H,7-9H2,1H3. The van der Waals surface area contributed by atoms with Crippen LogP contribution in [0.3, 0.4) is 0 Å². The predicted molar refractivity (Wildman–Crippen MR) is 59.0 cm³/mol. The molecule has 0 fully saturated rings. The summed E-state index contributed by atoms with van der Waals surface area (Å²) in [5.41, 5.74) is 0.774. The average molecular weight is 205 g/mol. The predicted octanol–water partition coefficient (Wildman–Crippen LogP) is 1.46. The van der Waals surface area contributed by atoms with Gasteiger partial charge in [-0.25, -0.2) is 0 Å². The van der Waals surface area contributed by atoms with Crippen molar-refractivity contribution in [3.8, 4) is 0 Å². The van der Waals surface area contributed by atoms with Crippen molar-refractivity contribution in [2.45, 2.75) is 6.92 Å². The number of rotatable bonds is 2. The molecule has 0 spiro atoms. The molecule has 3 nitrogen and oxygen atoms in total. The molecule has 1 unspecified atom stereocenters. The van der Waals surface area contributed by atoms with Crippen LogP contribution in [0.15, 0.2) is 35.3 Å². The van der Waals surface area contributed by atoms with Crippen LogP contribution in [-0.4, -0.2) is 30.8 Å². The van der Waals surface area contributed by atoms with Gasteiger partial charge in [0.15, 0.2) is 0 Å². The molecule has 80 valence electrons. The number of benzene rings is 1. The molecule has 1 aliphatic rings. The van der Waals surface area contributed by atoms with Crippen LogP contribution in [0.25, 0.3) is 0 Å². The topological polar surface area (TPSA) is 41.8 Å². The quantitative estimate of drug-likeness (QED) is 0.794. The smallest absolute Gasteiger partial charge is 0.216 e. The van der Waals surface area contributed by atoms with E-state index < -0.39 is 0 Å². The number of aliphatic hydroxyl groups is 1. The SMILES string of the molecule is CC1(CO)CN=C(c2ccccc2)OC1. The molecule has 1 aromatic carbocycles. The van der Waals surface area contributed by atoms with Gasteiger partial charge in [-0.15, -0.1) is 0 Å². The maximum absolute atomic E-state index is 9.16. The minimum absolute atomic E-state index is 0.110. The van der Waals surface area contributed by atoms with E-state index in [2.05, 4.69) is 4.99 Å². The first-order valence-corrected chi connectivity index (χ1v) is 5.07. The lowest BCUT2D eigenvalue weighted by molar-refractivity contribution is 0.0712. The van der Waals surface area contributed by atoms with Gasteiger partial charge in [-0.1, -0.05) is 25.1 Å². The number of ether oxygens (including phenoxy) is 1. The number of hydrogen-bond acceptors (Lipinski definition) is 3. The second kappa shape index (κ2) is 4.03. The van der Waals surface area contributed by atoms with E-state index in [1.54, 1.807) is 0 Å². The zero-order chi connectivity index (χ0) is 10.7. The van der Waals surface area contributed by atoms with Crippen molar-refractivity contribution < 1.29 is 9.84 Å². The molecule has 0 aromatic heterocycles. The van der Waals surface area contributed by atoms with Gasteiger partial charge in [-0.2, -0.15) is 0 Å². The lowest BCUT2D eigenvalue weighted by Gasteiger charge is -2.30. The Morgan fingerprint density at radius 1 is 1.40 bits per heavy atom. The molecule has 2 rings (SSSR count). The Bertz CT molecular complexity index is 361. The molecular formula is C12H15NO2. The summed E-state index contributed by atoms with van der Waals surface area (Å²) < 4.78 is 5.56. The number of nitrogens with zero attached hydrogens (tertiary/aromatic N) is 1. The van der Waals surface area contributed by atoms with Crippen molar-refractivity contribution in [1.82, 2.24) is 0 Å². The average Bonchev–Trinajstić information content (AvgIpc) is 2.31. The monoisotopic (exact) mass is 205 g/mol.